The molecule has 154 valence electrons. The second-order valence-corrected chi connectivity index (χ2v) is 8.69. The van der Waals surface area contributed by atoms with Crippen LogP contribution in [0.1, 0.15) is 51.9 Å². The van der Waals surface area contributed by atoms with E-state index < -0.39 is 0 Å². The van der Waals surface area contributed by atoms with Gasteiger partial charge in [-0.2, -0.15) is 0 Å². The van der Waals surface area contributed by atoms with E-state index in [1.165, 1.54) is 45.3 Å². The van der Waals surface area contributed by atoms with E-state index in [4.69, 9.17) is 4.74 Å². The fourth-order valence-electron chi connectivity index (χ4n) is 5.02. The van der Waals surface area contributed by atoms with E-state index >= 15 is 0 Å². The third kappa shape index (κ3) is 4.69. The molecule has 0 aromatic heterocycles. The van der Waals surface area contributed by atoms with Gasteiger partial charge in [0.1, 0.15) is 5.75 Å². The Morgan fingerprint density at radius 3 is 2.54 bits per heavy atom. The minimum atomic E-state index is 0.262. The molecule has 0 aliphatic carbocycles. The summed E-state index contributed by atoms with van der Waals surface area (Å²) in [4.78, 5) is 19.6. The molecule has 3 aliphatic rings. The molecule has 0 saturated carbocycles. The first-order valence-corrected chi connectivity index (χ1v) is 11.2. The van der Waals surface area contributed by atoms with E-state index in [0.717, 1.165) is 50.0 Å². The maximum atomic E-state index is 12.5. The lowest BCUT2D eigenvalue weighted by Crippen LogP contribution is -2.41. The zero-order chi connectivity index (χ0) is 19.3. The molecule has 5 heteroatoms. The normalized spacial score (nSPS) is 26.5. The number of benzene rings is 1. The summed E-state index contributed by atoms with van der Waals surface area (Å²) in [6.45, 7) is 8.81. The molecule has 5 nitrogen and oxygen atoms in total. The summed E-state index contributed by atoms with van der Waals surface area (Å²) in [6, 6.07) is 9.19. The Hall–Kier alpha value is -1.59. The van der Waals surface area contributed by atoms with Crippen LogP contribution in [0, 0.1) is 0 Å². The van der Waals surface area contributed by atoms with Gasteiger partial charge in [0.2, 0.25) is 5.91 Å². The van der Waals surface area contributed by atoms with Crippen molar-refractivity contribution in [2.45, 2.75) is 64.0 Å². The predicted octanol–water partition coefficient (Wildman–Crippen LogP) is 3.53. The van der Waals surface area contributed by atoms with Crippen molar-refractivity contribution in [3.63, 3.8) is 0 Å². The zero-order valence-electron chi connectivity index (χ0n) is 17.3. The van der Waals surface area contributed by atoms with Crippen molar-refractivity contribution in [1.82, 2.24) is 9.80 Å². The number of rotatable bonds is 8. The third-order valence-electron chi connectivity index (χ3n) is 6.66. The summed E-state index contributed by atoms with van der Waals surface area (Å²) < 4.78 is 5.94. The highest BCUT2D eigenvalue weighted by molar-refractivity contribution is 5.96. The van der Waals surface area contributed by atoms with Gasteiger partial charge in [-0.05, 0) is 89.3 Å². The van der Waals surface area contributed by atoms with Crippen LogP contribution in [-0.2, 0) is 4.79 Å². The van der Waals surface area contributed by atoms with Crippen LogP contribution in [0.25, 0.3) is 0 Å². The number of likely N-dealkylation sites (tertiary alicyclic amines) is 2. The average molecular weight is 386 g/mol. The number of amides is 1. The zero-order valence-corrected chi connectivity index (χ0v) is 17.3. The van der Waals surface area contributed by atoms with Crippen molar-refractivity contribution in [2.24, 2.45) is 0 Å². The van der Waals surface area contributed by atoms with Crippen LogP contribution in [0.5, 0.6) is 5.75 Å². The molecule has 28 heavy (non-hydrogen) atoms. The molecule has 0 radical (unpaired) electrons. The number of hydrogen-bond donors (Lipinski definition) is 0. The van der Waals surface area contributed by atoms with Crippen molar-refractivity contribution >= 4 is 11.6 Å². The molecule has 3 saturated heterocycles. The van der Waals surface area contributed by atoms with Crippen LogP contribution in [-0.4, -0.2) is 67.1 Å². The summed E-state index contributed by atoms with van der Waals surface area (Å²) in [5.41, 5.74) is 1.02. The second-order valence-electron chi connectivity index (χ2n) is 8.69. The van der Waals surface area contributed by atoms with Crippen molar-refractivity contribution in [1.29, 1.82) is 0 Å². The number of carbonyl (C=O) groups is 1. The van der Waals surface area contributed by atoms with E-state index in [0.29, 0.717) is 12.5 Å². The van der Waals surface area contributed by atoms with E-state index in [9.17, 15) is 4.79 Å². The summed E-state index contributed by atoms with van der Waals surface area (Å²) in [7, 11) is 0. The van der Waals surface area contributed by atoms with Gasteiger partial charge in [-0.3, -0.25) is 4.79 Å². The number of hydrogen-bond acceptors (Lipinski definition) is 4. The molecule has 4 rings (SSSR count). The first kappa shape index (κ1) is 19.7. The second kappa shape index (κ2) is 9.27. The number of carbonyl (C=O) groups excluding carboxylic acids is 1. The largest absolute Gasteiger partial charge is 0.494 e. The monoisotopic (exact) mass is 385 g/mol. The Labute approximate surface area is 169 Å². The smallest absolute Gasteiger partial charge is 0.227 e. The van der Waals surface area contributed by atoms with Gasteiger partial charge in [-0.15, -0.1) is 0 Å². The highest BCUT2D eigenvalue weighted by atomic mass is 16.5. The molecule has 0 unspecified atom stereocenters. The molecule has 3 heterocycles. The molecule has 0 spiro atoms. The lowest BCUT2D eigenvalue weighted by Gasteiger charge is -2.28. The fourth-order valence-corrected chi connectivity index (χ4v) is 5.02. The number of ether oxygens (including phenoxy) is 1. The molecule has 0 N–H and O–H groups in total. The van der Waals surface area contributed by atoms with E-state index in [1.807, 2.05) is 17.0 Å². The van der Waals surface area contributed by atoms with Gasteiger partial charge in [-0.1, -0.05) is 0 Å². The van der Waals surface area contributed by atoms with Crippen molar-refractivity contribution in [3.8, 4) is 5.75 Å². The summed E-state index contributed by atoms with van der Waals surface area (Å²) in [5, 5.41) is 0. The van der Waals surface area contributed by atoms with Gasteiger partial charge in [0.25, 0.3) is 0 Å². The number of nitrogens with zero attached hydrogens (tertiary/aromatic N) is 3. The summed E-state index contributed by atoms with van der Waals surface area (Å²) in [5.74, 6) is 1.17. The molecule has 3 aliphatic heterocycles. The highest BCUT2D eigenvalue weighted by Gasteiger charge is 2.33. The fraction of sp³-hybridized carbons (Fsp3) is 0.696. The summed E-state index contributed by atoms with van der Waals surface area (Å²) >= 11 is 0. The SMILES string of the molecule is C[C@H]1CCCN1CCCOc1ccc(N2C(=O)CC[C@H]2CN2CCCC2)cc1. The standard InChI is InChI=1S/C23H35N3O2/c1-19-6-4-15-25(19)16-5-17-28-22-10-7-20(8-11-22)26-21(9-12-23(26)27)18-24-13-2-3-14-24/h7-8,10-11,19,21H,2-6,9,12-18H2,1H3/t19-,21-/m0/s1. The van der Waals surface area contributed by atoms with Crippen LogP contribution in [0.2, 0.25) is 0 Å². The van der Waals surface area contributed by atoms with Crippen LogP contribution in [0.4, 0.5) is 5.69 Å². The van der Waals surface area contributed by atoms with E-state index in [2.05, 4.69) is 28.9 Å². The Morgan fingerprint density at radius 1 is 1.04 bits per heavy atom. The van der Waals surface area contributed by atoms with Gasteiger partial charge in [0.15, 0.2) is 0 Å². The van der Waals surface area contributed by atoms with Crippen LogP contribution in [0.15, 0.2) is 24.3 Å². The van der Waals surface area contributed by atoms with Crippen molar-refractivity contribution in [2.75, 3.05) is 44.2 Å². The van der Waals surface area contributed by atoms with Gasteiger partial charge >= 0.3 is 0 Å². The molecule has 1 aromatic carbocycles. The van der Waals surface area contributed by atoms with Gasteiger partial charge in [0.05, 0.1) is 12.6 Å². The van der Waals surface area contributed by atoms with E-state index in [1.54, 1.807) is 0 Å². The Morgan fingerprint density at radius 2 is 1.82 bits per heavy atom. The maximum absolute atomic E-state index is 12.5. The predicted molar refractivity (Wildman–Crippen MR) is 113 cm³/mol. The third-order valence-corrected chi connectivity index (χ3v) is 6.66. The van der Waals surface area contributed by atoms with Crippen LogP contribution >= 0.6 is 0 Å². The molecule has 3 fully saturated rings. The minimum Gasteiger partial charge on any atom is -0.494 e. The van der Waals surface area contributed by atoms with Crippen molar-refractivity contribution < 1.29 is 9.53 Å². The topological polar surface area (TPSA) is 36.0 Å². The lowest BCUT2D eigenvalue weighted by molar-refractivity contribution is -0.117. The quantitative estimate of drug-likeness (QED) is 0.642. The molecule has 0 bridgehead atoms. The molecular weight excluding hydrogens is 350 g/mol. The Kier molecular flexibility index (Phi) is 6.53. The first-order valence-electron chi connectivity index (χ1n) is 11.2. The molecule has 1 aromatic rings. The molecule has 2 atom stereocenters. The van der Waals surface area contributed by atoms with Gasteiger partial charge in [-0.25, -0.2) is 0 Å². The highest BCUT2D eigenvalue weighted by Crippen LogP contribution is 2.29. The minimum absolute atomic E-state index is 0.262. The molecule has 1 amide bonds. The number of anilines is 1. The lowest BCUT2D eigenvalue weighted by atomic mass is 10.2. The first-order chi connectivity index (χ1) is 13.7. The van der Waals surface area contributed by atoms with Crippen LogP contribution < -0.4 is 9.64 Å². The Bertz CT molecular complexity index is 642. The Balaban J connectivity index is 1.27. The van der Waals surface area contributed by atoms with Gasteiger partial charge in [0, 0.05) is 31.2 Å². The maximum Gasteiger partial charge on any atom is 0.227 e. The molecular formula is C23H35N3O2. The van der Waals surface area contributed by atoms with Gasteiger partial charge < -0.3 is 19.4 Å². The summed E-state index contributed by atoms with van der Waals surface area (Å²) in [6.07, 6.45) is 7.96. The van der Waals surface area contributed by atoms with E-state index in [-0.39, 0.29) is 5.91 Å². The van der Waals surface area contributed by atoms with Crippen molar-refractivity contribution in [3.05, 3.63) is 24.3 Å². The van der Waals surface area contributed by atoms with Crippen LogP contribution in [0.3, 0.4) is 0 Å². The average Bonchev–Trinajstić information content (AvgIpc) is 3.43.